The first-order chi connectivity index (χ1) is 12.6. The summed E-state index contributed by atoms with van der Waals surface area (Å²) in [5, 5.41) is 2.86. The summed E-state index contributed by atoms with van der Waals surface area (Å²) in [6, 6.07) is 9.69. The molecule has 2 saturated carbocycles. The third-order valence-electron chi connectivity index (χ3n) is 6.65. The molecule has 5 aliphatic rings. The summed E-state index contributed by atoms with van der Waals surface area (Å²) in [4.78, 5) is 39.2. The smallest absolute Gasteiger partial charge is 0.233 e. The summed E-state index contributed by atoms with van der Waals surface area (Å²) in [6.45, 7) is 0.657. The van der Waals surface area contributed by atoms with Gasteiger partial charge in [-0.25, -0.2) is 0 Å². The summed E-state index contributed by atoms with van der Waals surface area (Å²) in [6.07, 6.45) is 5.67. The molecule has 1 saturated heterocycles. The molecule has 1 heterocycles. The fraction of sp³-hybridized carbons (Fsp3) is 0.476. The van der Waals surface area contributed by atoms with Crippen LogP contribution in [0.4, 0.5) is 0 Å². The van der Waals surface area contributed by atoms with Crippen LogP contribution in [-0.4, -0.2) is 29.2 Å². The molecule has 5 nitrogen and oxygen atoms in total. The summed E-state index contributed by atoms with van der Waals surface area (Å²) in [7, 11) is 0. The van der Waals surface area contributed by atoms with Crippen molar-refractivity contribution in [2.75, 3.05) is 6.54 Å². The third kappa shape index (κ3) is 2.33. The highest BCUT2D eigenvalue weighted by atomic mass is 16.2. The van der Waals surface area contributed by atoms with Gasteiger partial charge < -0.3 is 5.32 Å². The molecule has 26 heavy (non-hydrogen) atoms. The topological polar surface area (TPSA) is 66.5 Å². The quantitative estimate of drug-likeness (QED) is 0.650. The van der Waals surface area contributed by atoms with Gasteiger partial charge in [0, 0.05) is 19.5 Å². The fourth-order valence-electron chi connectivity index (χ4n) is 5.34. The number of benzene rings is 1. The van der Waals surface area contributed by atoms with E-state index in [9.17, 15) is 14.4 Å². The monoisotopic (exact) mass is 350 g/mol. The van der Waals surface area contributed by atoms with Crippen molar-refractivity contribution >= 4 is 17.7 Å². The summed E-state index contributed by atoms with van der Waals surface area (Å²) in [5.74, 6) is 1.11. The first-order valence-corrected chi connectivity index (χ1v) is 9.49. The molecule has 1 aliphatic heterocycles. The normalized spacial score (nSPS) is 36.1. The predicted molar refractivity (Wildman–Crippen MR) is 94.3 cm³/mol. The molecule has 6 atom stereocenters. The Labute approximate surface area is 152 Å². The van der Waals surface area contributed by atoms with Crippen molar-refractivity contribution in [3.63, 3.8) is 0 Å². The number of imide groups is 1. The molecule has 3 fully saturated rings. The molecule has 0 spiro atoms. The first-order valence-electron chi connectivity index (χ1n) is 9.49. The Kier molecular flexibility index (Phi) is 3.52. The van der Waals surface area contributed by atoms with E-state index in [1.807, 2.05) is 30.3 Å². The van der Waals surface area contributed by atoms with Gasteiger partial charge in [-0.3, -0.25) is 19.3 Å². The van der Waals surface area contributed by atoms with Gasteiger partial charge in [0.05, 0.1) is 11.8 Å². The van der Waals surface area contributed by atoms with Crippen LogP contribution in [0.5, 0.6) is 0 Å². The lowest BCUT2D eigenvalue weighted by atomic mass is 9.63. The van der Waals surface area contributed by atoms with Crippen LogP contribution in [0.3, 0.4) is 0 Å². The number of likely N-dealkylation sites (tertiary alicyclic amines) is 1. The highest BCUT2D eigenvalue weighted by Crippen LogP contribution is 2.65. The Morgan fingerprint density at radius 1 is 1.00 bits per heavy atom. The molecule has 0 unspecified atom stereocenters. The number of nitrogens with zero attached hydrogens (tertiary/aromatic N) is 1. The SMILES string of the molecule is O=C(CCN1C(=O)[C@@H]2[C@H]3C=C[C@@H]([C@@H]4C[C@H]34)[C@@H]2C1=O)NCc1ccccc1. The van der Waals surface area contributed by atoms with E-state index >= 15 is 0 Å². The number of amides is 3. The Hall–Kier alpha value is -2.43. The van der Waals surface area contributed by atoms with Crippen molar-refractivity contribution in [3.05, 3.63) is 48.0 Å². The molecule has 2 bridgehead atoms. The number of allylic oxidation sites excluding steroid dienone is 2. The number of hydrogen-bond acceptors (Lipinski definition) is 3. The fourth-order valence-corrected chi connectivity index (χ4v) is 5.34. The highest BCUT2D eigenvalue weighted by molar-refractivity contribution is 6.06. The van der Waals surface area contributed by atoms with Crippen molar-refractivity contribution < 1.29 is 14.4 Å². The van der Waals surface area contributed by atoms with Gasteiger partial charge in [0.25, 0.3) is 0 Å². The second-order valence-corrected chi connectivity index (χ2v) is 8.00. The average Bonchev–Trinajstić information content (AvgIpc) is 3.45. The van der Waals surface area contributed by atoms with Crippen LogP contribution in [0.15, 0.2) is 42.5 Å². The van der Waals surface area contributed by atoms with E-state index in [1.165, 1.54) is 4.90 Å². The minimum absolute atomic E-state index is 0.0550. The van der Waals surface area contributed by atoms with Gasteiger partial charge in [-0.1, -0.05) is 42.5 Å². The molecule has 3 amide bonds. The lowest BCUT2D eigenvalue weighted by molar-refractivity contribution is -0.140. The van der Waals surface area contributed by atoms with Crippen LogP contribution >= 0.6 is 0 Å². The van der Waals surface area contributed by atoms with Crippen LogP contribution in [0.1, 0.15) is 18.4 Å². The molecule has 4 aliphatic carbocycles. The Balaban J connectivity index is 1.20. The summed E-state index contributed by atoms with van der Waals surface area (Å²) in [5.41, 5.74) is 1.03. The van der Waals surface area contributed by atoms with E-state index in [0.29, 0.717) is 18.4 Å². The Bertz CT molecular complexity index is 767. The van der Waals surface area contributed by atoms with Crippen LogP contribution in [0, 0.1) is 35.5 Å². The van der Waals surface area contributed by atoms with Crippen molar-refractivity contribution in [1.29, 1.82) is 0 Å². The highest BCUT2D eigenvalue weighted by Gasteiger charge is 2.66. The Morgan fingerprint density at radius 2 is 1.62 bits per heavy atom. The largest absolute Gasteiger partial charge is 0.352 e. The van der Waals surface area contributed by atoms with E-state index < -0.39 is 0 Å². The molecule has 1 aromatic carbocycles. The maximum absolute atomic E-state index is 12.8. The minimum Gasteiger partial charge on any atom is -0.352 e. The van der Waals surface area contributed by atoms with Crippen molar-refractivity contribution in [2.45, 2.75) is 19.4 Å². The summed E-state index contributed by atoms with van der Waals surface area (Å²) < 4.78 is 0. The van der Waals surface area contributed by atoms with E-state index in [-0.39, 0.29) is 54.4 Å². The van der Waals surface area contributed by atoms with Crippen molar-refractivity contribution in [2.24, 2.45) is 35.5 Å². The maximum Gasteiger partial charge on any atom is 0.233 e. The molecule has 1 N–H and O–H groups in total. The van der Waals surface area contributed by atoms with Crippen LogP contribution in [0.25, 0.3) is 0 Å². The van der Waals surface area contributed by atoms with Crippen molar-refractivity contribution in [1.82, 2.24) is 10.2 Å². The van der Waals surface area contributed by atoms with Gasteiger partial charge in [0.15, 0.2) is 0 Å². The second-order valence-electron chi connectivity index (χ2n) is 8.00. The molecule has 1 aromatic rings. The summed E-state index contributed by atoms with van der Waals surface area (Å²) >= 11 is 0. The lowest BCUT2D eigenvalue weighted by Crippen LogP contribution is -2.40. The van der Waals surface area contributed by atoms with Crippen LogP contribution < -0.4 is 5.32 Å². The van der Waals surface area contributed by atoms with E-state index in [0.717, 1.165) is 12.0 Å². The maximum atomic E-state index is 12.8. The minimum atomic E-state index is -0.173. The molecule has 5 heteroatoms. The first kappa shape index (κ1) is 15.8. The van der Waals surface area contributed by atoms with E-state index in [4.69, 9.17) is 0 Å². The lowest BCUT2D eigenvalue weighted by Gasteiger charge is -2.37. The zero-order valence-corrected chi connectivity index (χ0v) is 14.5. The molecule has 6 rings (SSSR count). The zero-order valence-electron chi connectivity index (χ0n) is 14.5. The number of hydrogen-bond donors (Lipinski definition) is 1. The third-order valence-corrected chi connectivity index (χ3v) is 6.65. The van der Waals surface area contributed by atoms with E-state index in [1.54, 1.807) is 0 Å². The van der Waals surface area contributed by atoms with Crippen LogP contribution in [0.2, 0.25) is 0 Å². The van der Waals surface area contributed by atoms with Crippen molar-refractivity contribution in [3.8, 4) is 0 Å². The molecule has 0 radical (unpaired) electrons. The van der Waals surface area contributed by atoms with Gasteiger partial charge in [-0.15, -0.1) is 0 Å². The van der Waals surface area contributed by atoms with Crippen LogP contribution in [-0.2, 0) is 20.9 Å². The standard InChI is InChI=1S/C21H22N2O3/c24-17(22-11-12-4-2-1-3-5-12)8-9-23-20(25)18-13-6-7-14(16-10-15(13)16)19(18)21(23)26/h1-7,13-16,18-19H,8-11H2,(H,22,24)/t13-,14-,15-,16+,18-,19+/m0/s1. The Morgan fingerprint density at radius 3 is 2.23 bits per heavy atom. The molecular formula is C21H22N2O3. The number of carbonyl (C=O) groups is 3. The molecular weight excluding hydrogens is 328 g/mol. The van der Waals surface area contributed by atoms with Gasteiger partial charge in [-0.2, -0.15) is 0 Å². The second kappa shape index (κ2) is 5.79. The number of rotatable bonds is 5. The van der Waals surface area contributed by atoms with Gasteiger partial charge >= 0.3 is 0 Å². The van der Waals surface area contributed by atoms with E-state index in [2.05, 4.69) is 17.5 Å². The molecule has 134 valence electrons. The van der Waals surface area contributed by atoms with Gasteiger partial charge in [0.2, 0.25) is 17.7 Å². The van der Waals surface area contributed by atoms with Gasteiger partial charge in [-0.05, 0) is 35.7 Å². The van der Waals surface area contributed by atoms with Gasteiger partial charge in [0.1, 0.15) is 0 Å². The average molecular weight is 350 g/mol. The predicted octanol–water partition coefficient (Wildman–Crippen LogP) is 1.75. The number of carbonyl (C=O) groups excluding carboxylic acids is 3. The zero-order chi connectivity index (χ0) is 17.8. The number of nitrogens with one attached hydrogen (secondary N) is 1. The molecule has 0 aromatic heterocycles.